The van der Waals surface area contributed by atoms with Gasteiger partial charge in [-0.1, -0.05) is 12.1 Å². The van der Waals surface area contributed by atoms with Gasteiger partial charge in [0.15, 0.2) is 0 Å². The van der Waals surface area contributed by atoms with Gasteiger partial charge < -0.3 is 14.6 Å². The molecule has 1 aliphatic rings. The van der Waals surface area contributed by atoms with Crippen molar-refractivity contribution in [2.24, 2.45) is 0 Å². The number of furan rings is 1. The monoisotopic (exact) mass is 334 g/mol. The first-order valence-corrected chi connectivity index (χ1v) is 7.36. The molecule has 2 heterocycles. The van der Waals surface area contributed by atoms with E-state index in [0.29, 0.717) is 5.56 Å². The van der Waals surface area contributed by atoms with Crippen LogP contribution in [-0.2, 0) is 0 Å². The van der Waals surface area contributed by atoms with E-state index in [-0.39, 0.29) is 11.9 Å². The van der Waals surface area contributed by atoms with Gasteiger partial charge in [-0.05, 0) is 40.5 Å². The summed E-state index contributed by atoms with van der Waals surface area (Å²) < 4.78 is 6.01. The molecule has 20 heavy (non-hydrogen) atoms. The largest absolute Gasteiger partial charge is 0.472 e. The maximum atomic E-state index is 12.0. The predicted molar refractivity (Wildman–Crippen MR) is 80.9 cm³/mol. The molecule has 104 valence electrons. The number of anilines is 1. The van der Waals surface area contributed by atoms with Crippen molar-refractivity contribution in [3.05, 3.63) is 52.9 Å². The lowest BCUT2D eigenvalue weighted by molar-refractivity contribution is 0.0940. The molecule has 0 bridgehead atoms. The van der Waals surface area contributed by atoms with E-state index in [1.165, 1.54) is 18.2 Å². The van der Waals surface area contributed by atoms with E-state index in [1.54, 1.807) is 6.07 Å². The van der Waals surface area contributed by atoms with Crippen molar-refractivity contribution in [2.75, 3.05) is 18.0 Å². The third-order valence-electron chi connectivity index (χ3n) is 3.50. The zero-order valence-electron chi connectivity index (χ0n) is 10.9. The van der Waals surface area contributed by atoms with Gasteiger partial charge in [-0.15, -0.1) is 0 Å². The minimum atomic E-state index is -0.0715. The molecule has 1 aromatic carbocycles. The molecule has 0 aliphatic carbocycles. The van der Waals surface area contributed by atoms with Crippen molar-refractivity contribution in [1.29, 1.82) is 0 Å². The number of halogens is 1. The zero-order chi connectivity index (χ0) is 13.9. The average molecular weight is 335 g/mol. The molecule has 0 spiro atoms. The van der Waals surface area contributed by atoms with Crippen molar-refractivity contribution in [3.8, 4) is 0 Å². The third-order valence-corrected chi connectivity index (χ3v) is 4.17. The van der Waals surface area contributed by atoms with Gasteiger partial charge in [-0.3, -0.25) is 4.79 Å². The van der Waals surface area contributed by atoms with Crippen LogP contribution in [0.4, 0.5) is 5.69 Å². The van der Waals surface area contributed by atoms with E-state index in [9.17, 15) is 4.79 Å². The first kappa shape index (κ1) is 13.2. The van der Waals surface area contributed by atoms with E-state index in [0.717, 1.165) is 24.0 Å². The van der Waals surface area contributed by atoms with Crippen LogP contribution in [0.25, 0.3) is 0 Å². The number of nitrogens with one attached hydrogen (secondary N) is 1. The predicted octanol–water partition coefficient (Wildman–Crippen LogP) is 3.05. The van der Waals surface area contributed by atoms with Crippen molar-refractivity contribution in [3.63, 3.8) is 0 Å². The number of amides is 1. The number of rotatable bonds is 3. The Labute approximate surface area is 125 Å². The molecular weight excluding hydrogens is 320 g/mol. The molecule has 1 saturated heterocycles. The summed E-state index contributed by atoms with van der Waals surface area (Å²) >= 11 is 3.57. The second-order valence-electron chi connectivity index (χ2n) is 4.87. The lowest BCUT2D eigenvalue weighted by Gasteiger charge is -2.20. The zero-order valence-corrected chi connectivity index (χ0v) is 12.5. The fourth-order valence-electron chi connectivity index (χ4n) is 2.47. The van der Waals surface area contributed by atoms with Crippen LogP contribution in [0, 0.1) is 0 Å². The summed E-state index contributed by atoms with van der Waals surface area (Å²) in [6.07, 6.45) is 3.93. The number of carbonyl (C=O) groups excluding carboxylic acids is 1. The van der Waals surface area contributed by atoms with Crippen LogP contribution in [-0.4, -0.2) is 25.0 Å². The van der Waals surface area contributed by atoms with Gasteiger partial charge in [0.2, 0.25) is 0 Å². The van der Waals surface area contributed by atoms with Crippen molar-refractivity contribution >= 4 is 27.5 Å². The van der Waals surface area contributed by atoms with E-state index in [2.05, 4.69) is 32.2 Å². The van der Waals surface area contributed by atoms with E-state index < -0.39 is 0 Å². The minimum absolute atomic E-state index is 0.0715. The van der Waals surface area contributed by atoms with Crippen LogP contribution in [0.2, 0.25) is 0 Å². The Morgan fingerprint density at radius 1 is 1.35 bits per heavy atom. The molecule has 1 aliphatic heterocycles. The van der Waals surface area contributed by atoms with Gasteiger partial charge in [0.05, 0.1) is 17.5 Å². The SMILES string of the molecule is O=C(NC1CCN(c2ccccc2Br)C1)c1ccoc1. The maximum absolute atomic E-state index is 12.0. The third kappa shape index (κ3) is 2.72. The van der Waals surface area contributed by atoms with Crippen LogP contribution in [0.5, 0.6) is 0 Å². The lowest BCUT2D eigenvalue weighted by Crippen LogP contribution is -2.37. The number of carbonyl (C=O) groups is 1. The highest BCUT2D eigenvalue weighted by molar-refractivity contribution is 9.10. The highest BCUT2D eigenvalue weighted by atomic mass is 79.9. The Balaban J connectivity index is 1.63. The molecule has 1 amide bonds. The first-order valence-electron chi connectivity index (χ1n) is 6.56. The second-order valence-corrected chi connectivity index (χ2v) is 5.72. The molecule has 1 atom stereocenters. The average Bonchev–Trinajstić information content (AvgIpc) is 3.10. The van der Waals surface area contributed by atoms with Crippen molar-refractivity contribution in [1.82, 2.24) is 5.32 Å². The topological polar surface area (TPSA) is 45.5 Å². The van der Waals surface area contributed by atoms with Crippen molar-refractivity contribution < 1.29 is 9.21 Å². The molecule has 4 nitrogen and oxygen atoms in total. The second kappa shape index (κ2) is 5.71. The Bertz CT molecular complexity index is 598. The Morgan fingerprint density at radius 3 is 2.95 bits per heavy atom. The summed E-state index contributed by atoms with van der Waals surface area (Å²) in [6.45, 7) is 1.77. The van der Waals surface area contributed by atoms with Gasteiger partial charge in [-0.25, -0.2) is 0 Å². The van der Waals surface area contributed by atoms with E-state index in [4.69, 9.17) is 4.42 Å². The van der Waals surface area contributed by atoms with Gasteiger partial charge in [0.25, 0.3) is 5.91 Å². The van der Waals surface area contributed by atoms with Crippen molar-refractivity contribution in [2.45, 2.75) is 12.5 Å². The van der Waals surface area contributed by atoms with Crippen LogP contribution < -0.4 is 10.2 Å². The molecule has 1 unspecified atom stereocenters. The van der Waals surface area contributed by atoms with E-state index >= 15 is 0 Å². The van der Waals surface area contributed by atoms with E-state index in [1.807, 2.05) is 18.2 Å². The standard InChI is InChI=1S/C15H15BrN2O2/c16-13-3-1-2-4-14(13)18-7-5-12(9-18)17-15(19)11-6-8-20-10-11/h1-4,6,8,10,12H,5,7,9H2,(H,17,19). The summed E-state index contributed by atoms with van der Waals surface area (Å²) in [7, 11) is 0. The molecule has 2 aromatic rings. The van der Waals surface area contributed by atoms with Crippen LogP contribution in [0.15, 0.2) is 51.7 Å². The number of nitrogens with zero attached hydrogens (tertiary/aromatic N) is 1. The Kier molecular flexibility index (Phi) is 3.78. The van der Waals surface area contributed by atoms with Crippen LogP contribution in [0.3, 0.4) is 0 Å². The Morgan fingerprint density at radius 2 is 2.20 bits per heavy atom. The van der Waals surface area contributed by atoms with Gasteiger partial charge in [0.1, 0.15) is 6.26 Å². The van der Waals surface area contributed by atoms with Crippen LogP contribution in [0.1, 0.15) is 16.8 Å². The number of hydrogen-bond acceptors (Lipinski definition) is 3. The highest BCUT2D eigenvalue weighted by Gasteiger charge is 2.25. The molecular formula is C15H15BrN2O2. The summed E-state index contributed by atoms with van der Waals surface area (Å²) in [4.78, 5) is 14.3. The number of benzene rings is 1. The summed E-state index contributed by atoms with van der Waals surface area (Å²) in [5.74, 6) is -0.0715. The molecule has 0 radical (unpaired) electrons. The molecule has 5 heteroatoms. The smallest absolute Gasteiger partial charge is 0.254 e. The summed E-state index contributed by atoms with van der Waals surface area (Å²) in [5.41, 5.74) is 1.75. The van der Waals surface area contributed by atoms with Gasteiger partial charge in [0, 0.05) is 23.6 Å². The molecule has 1 aromatic heterocycles. The summed E-state index contributed by atoms with van der Waals surface area (Å²) in [6, 6.07) is 10.00. The number of para-hydroxylation sites is 1. The maximum Gasteiger partial charge on any atom is 0.254 e. The molecule has 1 fully saturated rings. The molecule has 1 N–H and O–H groups in total. The van der Waals surface area contributed by atoms with Crippen LogP contribution >= 0.6 is 15.9 Å². The number of hydrogen-bond donors (Lipinski definition) is 1. The summed E-state index contributed by atoms with van der Waals surface area (Å²) in [5, 5.41) is 3.04. The quantitative estimate of drug-likeness (QED) is 0.938. The Hall–Kier alpha value is -1.75. The molecule has 0 saturated carbocycles. The molecule has 3 rings (SSSR count). The fourth-order valence-corrected chi connectivity index (χ4v) is 3.00. The van der Waals surface area contributed by atoms with Gasteiger partial charge >= 0.3 is 0 Å². The normalized spacial score (nSPS) is 18.2. The van der Waals surface area contributed by atoms with Gasteiger partial charge in [-0.2, -0.15) is 0 Å². The fraction of sp³-hybridized carbons (Fsp3) is 0.267. The first-order chi connectivity index (χ1) is 9.74. The highest BCUT2D eigenvalue weighted by Crippen LogP contribution is 2.28. The lowest BCUT2D eigenvalue weighted by atomic mass is 10.2. The minimum Gasteiger partial charge on any atom is -0.472 e.